The minimum Gasteiger partial charge on any atom is -0.496 e. The lowest BCUT2D eigenvalue weighted by atomic mass is 9.85. The first-order valence-electron chi connectivity index (χ1n) is 9.35. The van der Waals surface area contributed by atoms with Crippen LogP contribution in [0.15, 0.2) is 23.1 Å². The van der Waals surface area contributed by atoms with Gasteiger partial charge < -0.3 is 23.7 Å². The standard InChI is InChI=1S/C21H21NO6S/c1-22-7-6-10-8-13-18(27-9-26-13)19(25-3)14(10)16(22)17-11-4-5-12(24-2)20(29)15(11)21(23)28-17/h4-5,8,16-17,29H,6-7,9H2,1-3H3/t16-,17?/m1/s1. The number of rotatable bonds is 3. The Hall–Kier alpha value is -2.58. The molecule has 3 aliphatic rings. The molecule has 3 aliphatic heterocycles. The summed E-state index contributed by atoms with van der Waals surface area (Å²) < 4.78 is 28.2. The number of methoxy groups -OCH3 is 2. The van der Waals surface area contributed by atoms with E-state index in [1.807, 2.05) is 25.2 Å². The van der Waals surface area contributed by atoms with E-state index >= 15 is 0 Å². The number of esters is 1. The van der Waals surface area contributed by atoms with Gasteiger partial charge in [-0.2, -0.15) is 0 Å². The summed E-state index contributed by atoms with van der Waals surface area (Å²) in [5.41, 5.74) is 3.33. The smallest absolute Gasteiger partial charge is 0.340 e. The Morgan fingerprint density at radius 3 is 2.79 bits per heavy atom. The van der Waals surface area contributed by atoms with Gasteiger partial charge in [-0.3, -0.25) is 4.90 Å². The zero-order valence-corrected chi connectivity index (χ0v) is 17.2. The van der Waals surface area contributed by atoms with E-state index in [1.54, 1.807) is 14.2 Å². The maximum atomic E-state index is 12.7. The maximum Gasteiger partial charge on any atom is 0.340 e. The van der Waals surface area contributed by atoms with Crippen LogP contribution < -0.4 is 18.9 Å². The normalized spacial score (nSPS) is 22.1. The molecule has 3 heterocycles. The third-order valence-electron chi connectivity index (χ3n) is 5.88. The number of hydrogen-bond donors (Lipinski definition) is 1. The Kier molecular flexibility index (Phi) is 4.29. The highest BCUT2D eigenvalue weighted by Crippen LogP contribution is 2.54. The predicted octanol–water partition coefficient (Wildman–Crippen LogP) is 3.16. The molecule has 2 aromatic rings. The summed E-state index contributed by atoms with van der Waals surface area (Å²) in [7, 11) is 5.20. The van der Waals surface area contributed by atoms with Crippen LogP contribution in [0.25, 0.3) is 0 Å². The van der Waals surface area contributed by atoms with Crippen LogP contribution in [0, 0.1) is 0 Å². The molecule has 0 amide bonds. The van der Waals surface area contributed by atoms with Crippen LogP contribution in [-0.2, 0) is 11.2 Å². The zero-order valence-electron chi connectivity index (χ0n) is 16.4. The van der Waals surface area contributed by atoms with E-state index in [0.29, 0.717) is 33.5 Å². The Bertz CT molecular complexity index is 1020. The highest BCUT2D eigenvalue weighted by atomic mass is 32.1. The van der Waals surface area contributed by atoms with Gasteiger partial charge in [0, 0.05) is 17.7 Å². The molecule has 0 aromatic heterocycles. The number of likely N-dealkylation sites (N-methyl/N-ethyl adjacent to an activating group) is 1. The molecule has 0 saturated heterocycles. The molecule has 5 rings (SSSR count). The number of nitrogens with zero attached hydrogens (tertiary/aromatic N) is 1. The topological polar surface area (TPSA) is 66.5 Å². The van der Waals surface area contributed by atoms with Crippen molar-refractivity contribution in [1.29, 1.82) is 0 Å². The largest absolute Gasteiger partial charge is 0.496 e. The van der Waals surface area contributed by atoms with Crippen molar-refractivity contribution in [2.24, 2.45) is 0 Å². The maximum absolute atomic E-state index is 12.7. The molecule has 7 nitrogen and oxygen atoms in total. The third kappa shape index (κ3) is 2.59. The van der Waals surface area contributed by atoms with Crippen LogP contribution in [0.4, 0.5) is 0 Å². The van der Waals surface area contributed by atoms with Gasteiger partial charge in [0.15, 0.2) is 11.5 Å². The number of benzene rings is 2. The fourth-order valence-electron chi connectivity index (χ4n) is 4.53. The van der Waals surface area contributed by atoms with Crippen molar-refractivity contribution < 1.29 is 28.5 Å². The van der Waals surface area contributed by atoms with Crippen LogP contribution in [0.3, 0.4) is 0 Å². The number of carbonyl (C=O) groups excluding carboxylic acids is 1. The monoisotopic (exact) mass is 415 g/mol. The molecule has 0 bridgehead atoms. The number of fused-ring (bicyclic) bond motifs is 3. The first kappa shape index (κ1) is 18.4. The summed E-state index contributed by atoms with van der Waals surface area (Å²) in [6, 6.07) is 5.48. The summed E-state index contributed by atoms with van der Waals surface area (Å²) in [5, 5.41) is 0. The van der Waals surface area contributed by atoms with Crippen LogP contribution in [0.1, 0.15) is 39.2 Å². The summed E-state index contributed by atoms with van der Waals surface area (Å²) in [4.78, 5) is 15.4. The fraction of sp³-hybridized carbons (Fsp3) is 0.381. The molecule has 1 unspecified atom stereocenters. The third-order valence-corrected chi connectivity index (χ3v) is 6.32. The van der Waals surface area contributed by atoms with Gasteiger partial charge in [0.1, 0.15) is 11.9 Å². The van der Waals surface area contributed by atoms with Crippen LogP contribution in [0.5, 0.6) is 23.0 Å². The van der Waals surface area contributed by atoms with Crippen molar-refractivity contribution >= 4 is 18.6 Å². The summed E-state index contributed by atoms with van der Waals surface area (Å²) >= 11 is 4.51. The van der Waals surface area contributed by atoms with Gasteiger partial charge >= 0.3 is 5.97 Å². The van der Waals surface area contributed by atoms with Crippen LogP contribution in [0.2, 0.25) is 0 Å². The van der Waals surface area contributed by atoms with Gasteiger partial charge in [-0.05, 0) is 31.2 Å². The van der Waals surface area contributed by atoms with E-state index in [9.17, 15) is 4.79 Å². The van der Waals surface area contributed by atoms with Crippen molar-refractivity contribution in [3.63, 3.8) is 0 Å². The second-order valence-corrected chi connectivity index (χ2v) is 7.75. The molecule has 29 heavy (non-hydrogen) atoms. The molecule has 2 aromatic carbocycles. The number of ether oxygens (including phenoxy) is 5. The first-order valence-corrected chi connectivity index (χ1v) is 9.80. The Morgan fingerprint density at radius 2 is 2.03 bits per heavy atom. The van der Waals surface area contributed by atoms with Crippen molar-refractivity contribution in [3.8, 4) is 23.0 Å². The Labute approximate surface area is 173 Å². The van der Waals surface area contributed by atoms with Gasteiger partial charge in [-0.1, -0.05) is 6.07 Å². The molecule has 0 saturated carbocycles. The summed E-state index contributed by atoms with van der Waals surface area (Å²) in [5.74, 6) is 2.07. The lowest BCUT2D eigenvalue weighted by molar-refractivity contribution is 0.00871. The van der Waals surface area contributed by atoms with Crippen molar-refractivity contribution in [3.05, 3.63) is 40.5 Å². The van der Waals surface area contributed by atoms with E-state index in [0.717, 1.165) is 29.7 Å². The van der Waals surface area contributed by atoms with Crippen molar-refractivity contribution in [2.45, 2.75) is 23.5 Å². The van der Waals surface area contributed by atoms with E-state index < -0.39 is 12.1 Å². The lowest BCUT2D eigenvalue weighted by Gasteiger charge is -2.38. The van der Waals surface area contributed by atoms with E-state index in [-0.39, 0.29) is 12.8 Å². The number of hydrogen-bond acceptors (Lipinski definition) is 8. The molecule has 0 N–H and O–H groups in total. The second-order valence-electron chi connectivity index (χ2n) is 7.30. The quantitative estimate of drug-likeness (QED) is 0.610. The Balaban J connectivity index is 1.68. The van der Waals surface area contributed by atoms with Gasteiger partial charge in [-0.25, -0.2) is 4.79 Å². The lowest BCUT2D eigenvalue weighted by Crippen LogP contribution is -2.36. The molecule has 2 atom stereocenters. The van der Waals surface area contributed by atoms with Crippen LogP contribution in [-0.4, -0.2) is 45.5 Å². The molecule has 0 radical (unpaired) electrons. The van der Waals surface area contributed by atoms with E-state index in [1.165, 1.54) is 0 Å². The van der Waals surface area contributed by atoms with Crippen LogP contribution >= 0.6 is 12.6 Å². The number of carbonyl (C=O) groups is 1. The predicted molar refractivity (Wildman–Crippen MR) is 107 cm³/mol. The van der Waals surface area contributed by atoms with E-state index in [2.05, 4.69) is 17.5 Å². The van der Waals surface area contributed by atoms with Crippen molar-refractivity contribution in [1.82, 2.24) is 4.90 Å². The van der Waals surface area contributed by atoms with Gasteiger partial charge in [0.25, 0.3) is 0 Å². The average Bonchev–Trinajstić information content (AvgIpc) is 3.31. The highest BCUT2D eigenvalue weighted by molar-refractivity contribution is 7.80. The van der Waals surface area contributed by atoms with Gasteiger partial charge in [0.05, 0.1) is 30.7 Å². The van der Waals surface area contributed by atoms with E-state index in [4.69, 9.17) is 23.7 Å². The minimum atomic E-state index is -0.493. The van der Waals surface area contributed by atoms with Gasteiger partial charge in [0.2, 0.25) is 12.5 Å². The second kappa shape index (κ2) is 6.74. The molecule has 0 spiro atoms. The van der Waals surface area contributed by atoms with Gasteiger partial charge in [-0.15, -0.1) is 12.6 Å². The molecule has 152 valence electrons. The number of thiol groups is 1. The molecule has 0 fully saturated rings. The Morgan fingerprint density at radius 1 is 1.21 bits per heavy atom. The molecule has 8 heteroatoms. The zero-order chi connectivity index (χ0) is 20.3. The molecular weight excluding hydrogens is 394 g/mol. The average molecular weight is 415 g/mol. The summed E-state index contributed by atoms with van der Waals surface area (Å²) in [6.45, 7) is 0.979. The fourth-order valence-corrected chi connectivity index (χ4v) is 4.91. The molecule has 0 aliphatic carbocycles. The minimum absolute atomic E-state index is 0.166. The number of cyclic esters (lactones) is 1. The SMILES string of the molecule is COc1ccc2c(c1S)C(=O)OC2[C@H]1c2c(cc3c(c2OC)OCO3)CCN1C. The highest BCUT2D eigenvalue weighted by Gasteiger charge is 2.45. The molecular formula is C21H21NO6S. The first-order chi connectivity index (χ1) is 14.0. The van der Waals surface area contributed by atoms with Crippen molar-refractivity contribution in [2.75, 3.05) is 34.6 Å². The summed E-state index contributed by atoms with van der Waals surface area (Å²) in [6.07, 6.45) is 0.344.